The lowest BCUT2D eigenvalue weighted by Gasteiger charge is -2.45. The summed E-state index contributed by atoms with van der Waals surface area (Å²) in [6.07, 6.45) is 0. The van der Waals surface area contributed by atoms with Crippen molar-refractivity contribution in [2.24, 2.45) is 5.41 Å². The maximum atomic E-state index is 10.7. The molecule has 1 saturated heterocycles. The molecule has 0 saturated carbocycles. The fourth-order valence-corrected chi connectivity index (χ4v) is 1.21. The molecule has 0 radical (unpaired) electrons. The monoisotopic (exact) mass is 173 g/mol. The summed E-state index contributed by atoms with van der Waals surface area (Å²) in [5.41, 5.74) is -1.11. The van der Waals surface area contributed by atoms with Crippen molar-refractivity contribution in [3.05, 3.63) is 0 Å². The largest absolute Gasteiger partial charge is 0.481 e. The van der Waals surface area contributed by atoms with Gasteiger partial charge in [-0.3, -0.25) is 9.59 Å². The van der Waals surface area contributed by atoms with Gasteiger partial charge in [-0.25, -0.2) is 0 Å². The number of carbonyl (C=O) groups excluding carboxylic acids is 1. The summed E-state index contributed by atoms with van der Waals surface area (Å²) in [6.45, 7) is 1.21. The standard InChI is InChI=1S/C7H11NO4/c1-5(10)8-2-7(3-8,4-9)6(11)12/h9H,2-4H2,1H3,(H,11,12). The molecule has 12 heavy (non-hydrogen) atoms. The van der Waals surface area contributed by atoms with Gasteiger partial charge in [-0.1, -0.05) is 0 Å². The molecule has 0 spiro atoms. The van der Waals surface area contributed by atoms with Gasteiger partial charge in [0.1, 0.15) is 5.41 Å². The van der Waals surface area contributed by atoms with Crippen LogP contribution in [0, 0.1) is 5.41 Å². The van der Waals surface area contributed by atoms with Crippen molar-refractivity contribution in [1.82, 2.24) is 4.90 Å². The number of aliphatic carboxylic acids is 1. The van der Waals surface area contributed by atoms with E-state index in [0.717, 1.165) is 0 Å². The maximum Gasteiger partial charge on any atom is 0.315 e. The summed E-state index contributed by atoms with van der Waals surface area (Å²) in [6, 6.07) is 0. The van der Waals surface area contributed by atoms with E-state index in [2.05, 4.69) is 0 Å². The van der Waals surface area contributed by atoms with Gasteiger partial charge in [0.15, 0.2) is 0 Å². The number of aliphatic hydroxyl groups is 1. The summed E-state index contributed by atoms with van der Waals surface area (Å²) < 4.78 is 0. The summed E-state index contributed by atoms with van der Waals surface area (Å²) >= 11 is 0. The molecule has 2 N–H and O–H groups in total. The summed E-state index contributed by atoms with van der Waals surface area (Å²) in [5, 5.41) is 17.5. The van der Waals surface area contributed by atoms with Gasteiger partial charge in [0.25, 0.3) is 0 Å². The van der Waals surface area contributed by atoms with E-state index in [1.54, 1.807) is 0 Å². The Morgan fingerprint density at radius 3 is 2.25 bits per heavy atom. The Morgan fingerprint density at radius 1 is 1.50 bits per heavy atom. The van der Waals surface area contributed by atoms with Crippen molar-refractivity contribution in [2.75, 3.05) is 19.7 Å². The van der Waals surface area contributed by atoms with Gasteiger partial charge in [-0.15, -0.1) is 0 Å². The number of amides is 1. The van der Waals surface area contributed by atoms with Gasteiger partial charge < -0.3 is 15.1 Å². The Hall–Kier alpha value is -1.10. The summed E-state index contributed by atoms with van der Waals surface area (Å²) in [5.74, 6) is -1.19. The second kappa shape index (κ2) is 2.75. The number of carbonyl (C=O) groups is 2. The van der Waals surface area contributed by atoms with Crippen molar-refractivity contribution in [2.45, 2.75) is 6.92 Å². The first-order valence-corrected chi connectivity index (χ1v) is 3.61. The molecule has 0 bridgehead atoms. The number of carboxylic acid groups (broad SMARTS) is 1. The Balaban J connectivity index is 2.58. The van der Waals surface area contributed by atoms with E-state index in [4.69, 9.17) is 10.2 Å². The third-order valence-electron chi connectivity index (χ3n) is 2.19. The summed E-state index contributed by atoms with van der Waals surface area (Å²) in [4.78, 5) is 22.7. The van der Waals surface area contributed by atoms with Crippen LogP contribution in [0.5, 0.6) is 0 Å². The lowest BCUT2D eigenvalue weighted by molar-refractivity contribution is -0.169. The van der Waals surface area contributed by atoms with E-state index >= 15 is 0 Å². The van der Waals surface area contributed by atoms with Gasteiger partial charge in [0.2, 0.25) is 5.91 Å². The van der Waals surface area contributed by atoms with E-state index < -0.39 is 18.0 Å². The molecule has 5 heteroatoms. The average molecular weight is 173 g/mol. The van der Waals surface area contributed by atoms with E-state index in [-0.39, 0.29) is 19.0 Å². The number of carboxylic acids is 1. The third-order valence-corrected chi connectivity index (χ3v) is 2.19. The molecule has 1 fully saturated rings. The first-order chi connectivity index (χ1) is 5.52. The molecule has 0 aromatic rings. The molecular weight excluding hydrogens is 162 g/mol. The van der Waals surface area contributed by atoms with Crippen LogP contribution < -0.4 is 0 Å². The molecule has 0 aromatic heterocycles. The Kier molecular flexibility index (Phi) is 2.06. The first kappa shape index (κ1) is 8.99. The van der Waals surface area contributed by atoms with Crippen molar-refractivity contribution < 1.29 is 19.8 Å². The van der Waals surface area contributed by atoms with Gasteiger partial charge in [-0.05, 0) is 0 Å². The maximum absolute atomic E-state index is 10.7. The number of hydrogen-bond acceptors (Lipinski definition) is 3. The van der Waals surface area contributed by atoms with E-state index in [0.29, 0.717) is 0 Å². The molecule has 0 unspecified atom stereocenters. The van der Waals surface area contributed by atoms with Gasteiger partial charge in [0.05, 0.1) is 6.61 Å². The van der Waals surface area contributed by atoms with Crippen molar-refractivity contribution in [1.29, 1.82) is 0 Å². The Morgan fingerprint density at radius 2 is 2.00 bits per heavy atom. The fourth-order valence-electron chi connectivity index (χ4n) is 1.21. The highest BCUT2D eigenvalue weighted by Gasteiger charge is 2.50. The van der Waals surface area contributed by atoms with Crippen LogP contribution in [0.2, 0.25) is 0 Å². The highest BCUT2D eigenvalue weighted by atomic mass is 16.4. The van der Waals surface area contributed by atoms with Gasteiger partial charge in [0, 0.05) is 20.0 Å². The quantitative estimate of drug-likeness (QED) is 0.556. The normalized spacial score (nSPS) is 20.0. The van der Waals surface area contributed by atoms with Crippen LogP contribution in [0.3, 0.4) is 0 Å². The van der Waals surface area contributed by atoms with E-state index in [1.165, 1.54) is 11.8 Å². The van der Waals surface area contributed by atoms with Gasteiger partial charge >= 0.3 is 5.97 Å². The lowest BCUT2D eigenvalue weighted by Crippen LogP contribution is -2.63. The molecule has 1 amide bonds. The fraction of sp³-hybridized carbons (Fsp3) is 0.714. The molecule has 1 aliphatic heterocycles. The predicted octanol–water partition coefficient (Wildman–Crippen LogP) is -1.09. The molecule has 5 nitrogen and oxygen atoms in total. The number of hydrogen-bond donors (Lipinski definition) is 2. The molecule has 68 valence electrons. The van der Waals surface area contributed by atoms with Crippen LogP contribution in [-0.2, 0) is 9.59 Å². The number of rotatable bonds is 2. The molecule has 0 aliphatic carbocycles. The van der Waals surface area contributed by atoms with Crippen molar-refractivity contribution in [3.8, 4) is 0 Å². The topological polar surface area (TPSA) is 77.8 Å². The second-order valence-electron chi connectivity index (χ2n) is 3.12. The lowest BCUT2D eigenvalue weighted by atomic mass is 9.81. The highest BCUT2D eigenvalue weighted by molar-refractivity contribution is 5.82. The minimum atomic E-state index is -1.11. The number of nitrogens with zero attached hydrogens (tertiary/aromatic N) is 1. The minimum Gasteiger partial charge on any atom is -0.481 e. The predicted molar refractivity (Wildman–Crippen MR) is 39.4 cm³/mol. The van der Waals surface area contributed by atoms with E-state index in [1.807, 2.05) is 0 Å². The SMILES string of the molecule is CC(=O)N1CC(CO)(C(=O)O)C1. The molecule has 1 heterocycles. The minimum absolute atomic E-state index is 0.119. The van der Waals surface area contributed by atoms with Crippen LogP contribution in [-0.4, -0.2) is 46.7 Å². The molecule has 1 rings (SSSR count). The smallest absolute Gasteiger partial charge is 0.315 e. The van der Waals surface area contributed by atoms with Gasteiger partial charge in [-0.2, -0.15) is 0 Å². The van der Waals surface area contributed by atoms with Crippen molar-refractivity contribution in [3.63, 3.8) is 0 Å². The Labute approximate surface area is 69.6 Å². The van der Waals surface area contributed by atoms with Crippen molar-refractivity contribution >= 4 is 11.9 Å². The number of likely N-dealkylation sites (tertiary alicyclic amines) is 1. The van der Waals surface area contributed by atoms with Crippen LogP contribution in [0.1, 0.15) is 6.92 Å². The third kappa shape index (κ3) is 1.16. The summed E-state index contributed by atoms with van der Waals surface area (Å²) in [7, 11) is 0. The van der Waals surface area contributed by atoms with Crippen LogP contribution in [0.25, 0.3) is 0 Å². The Bertz CT molecular complexity index is 219. The number of aliphatic hydroxyl groups excluding tert-OH is 1. The molecule has 0 aromatic carbocycles. The zero-order valence-electron chi connectivity index (χ0n) is 6.78. The zero-order chi connectivity index (χ0) is 9.35. The van der Waals surface area contributed by atoms with E-state index in [9.17, 15) is 9.59 Å². The van der Waals surface area contributed by atoms with Crippen LogP contribution >= 0.6 is 0 Å². The first-order valence-electron chi connectivity index (χ1n) is 3.61. The average Bonchev–Trinajstić information content (AvgIpc) is 1.84. The zero-order valence-corrected chi connectivity index (χ0v) is 6.78. The molecular formula is C7H11NO4. The molecule has 0 atom stereocenters. The second-order valence-corrected chi connectivity index (χ2v) is 3.12. The van der Waals surface area contributed by atoms with Crippen LogP contribution in [0.4, 0.5) is 0 Å². The highest BCUT2D eigenvalue weighted by Crippen LogP contribution is 2.29. The molecule has 1 aliphatic rings. The van der Waals surface area contributed by atoms with Crippen LogP contribution in [0.15, 0.2) is 0 Å².